The Hall–Kier alpha value is -2.53. The number of benzene rings is 1. The predicted molar refractivity (Wildman–Crippen MR) is 83.5 cm³/mol. The molecule has 1 saturated heterocycles. The van der Waals surface area contributed by atoms with Gasteiger partial charge in [0.15, 0.2) is 12.1 Å². The Balaban J connectivity index is 2.12. The number of methoxy groups -OCH3 is 1. The minimum absolute atomic E-state index is 0.168. The number of ether oxygens (including phenoxy) is 2. The van der Waals surface area contributed by atoms with Crippen molar-refractivity contribution in [3.8, 4) is 17.1 Å². The molecule has 10 heteroatoms. The zero-order valence-corrected chi connectivity index (χ0v) is 13.3. The average Bonchev–Trinajstić information content (AvgIpc) is 3.17. The summed E-state index contributed by atoms with van der Waals surface area (Å²) in [6.45, 7) is -0.490. The smallest absolute Gasteiger partial charge is 0.288 e. The Bertz CT molecular complexity index is 779. The van der Waals surface area contributed by atoms with Crippen LogP contribution >= 0.6 is 0 Å². The third-order valence-electron chi connectivity index (χ3n) is 3.96. The van der Waals surface area contributed by atoms with Crippen LogP contribution in [-0.2, 0) is 4.74 Å². The first-order valence-electron chi connectivity index (χ1n) is 7.50. The largest absolute Gasteiger partial charge is 0.496 e. The molecule has 1 aliphatic heterocycles. The van der Waals surface area contributed by atoms with Crippen molar-refractivity contribution >= 4 is 5.91 Å². The zero-order valence-electron chi connectivity index (χ0n) is 13.3. The average molecular weight is 350 g/mol. The molecule has 1 fully saturated rings. The van der Waals surface area contributed by atoms with Gasteiger partial charge in [-0.2, -0.15) is 0 Å². The molecule has 2 aromatic rings. The van der Waals surface area contributed by atoms with Crippen molar-refractivity contribution in [1.29, 1.82) is 0 Å². The topological polar surface area (TPSA) is 153 Å². The molecular weight excluding hydrogens is 332 g/mol. The molecule has 0 saturated carbocycles. The lowest BCUT2D eigenvalue weighted by molar-refractivity contribution is -0.0579. The van der Waals surface area contributed by atoms with Crippen LogP contribution < -0.4 is 10.5 Å². The maximum Gasteiger partial charge on any atom is 0.288 e. The Morgan fingerprint density at radius 2 is 2.08 bits per heavy atom. The highest BCUT2D eigenvalue weighted by Crippen LogP contribution is 2.35. The van der Waals surface area contributed by atoms with Crippen LogP contribution in [-0.4, -0.2) is 68.0 Å². The second-order valence-electron chi connectivity index (χ2n) is 5.50. The van der Waals surface area contributed by atoms with Gasteiger partial charge in [-0.3, -0.25) is 4.79 Å². The molecule has 25 heavy (non-hydrogen) atoms. The van der Waals surface area contributed by atoms with Crippen molar-refractivity contribution in [1.82, 2.24) is 14.8 Å². The molecule has 1 aromatic heterocycles. The fraction of sp³-hybridized carbons (Fsp3) is 0.400. The van der Waals surface area contributed by atoms with Gasteiger partial charge < -0.3 is 30.5 Å². The number of nitrogens with two attached hydrogens (primary N) is 1. The van der Waals surface area contributed by atoms with E-state index in [2.05, 4.69) is 10.1 Å². The van der Waals surface area contributed by atoms with Crippen molar-refractivity contribution in [3.63, 3.8) is 0 Å². The molecule has 2 heterocycles. The number of amides is 1. The van der Waals surface area contributed by atoms with Crippen molar-refractivity contribution in [2.75, 3.05) is 13.7 Å². The maximum absolute atomic E-state index is 11.5. The van der Waals surface area contributed by atoms with Gasteiger partial charge in [-0.1, -0.05) is 12.1 Å². The summed E-state index contributed by atoms with van der Waals surface area (Å²) in [4.78, 5) is 15.6. The van der Waals surface area contributed by atoms with Crippen molar-refractivity contribution in [2.24, 2.45) is 5.73 Å². The van der Waals surface area contributed by atoms with Gasteiger partial charge in [0.25, 0.3) is 5.91 Å². The molecule has 3 rings (SSSR count). The van der Waals surface area contributed by atoms with Crippen molar-refractivity contribution < 1.29 is 29.6 Å². The summed E-state index contributed by atoms with van der Waals surface area (Å²) in [5.74, 6) is -0.514. The first kappa shape index (κ1) is 17.3. The molecule has 0 spiro atoms. The number of primary amides is 1. The van der Waals surface area contributed by atoms with E-state index in [0.29, 0.717) is 11.3 Å². The highest BCUT2D eigenvalue weighted by molar-refractivity contribution is 5.89. The van der Waals surface area contributed by atoms with Crippen LogP contribution in [0.1, 0.15) is 16.8 Å². The summed E-state index contributed by atoms with van der Waals surface area (Å²) in [5.41, 5.74) is 5.75. The van der Waals surface area contributed by atoms with Gasteiger partial charge in [0.05, 0.1) is 19.3 Å². The number of hydrogen-bond acceptors (Lipinski definition) is 8. The predicted octanol–water partition coefficient (Wildman–Crippen LogP) is -1.34. The van der Waals surface area contributed by atoms with E-state index in [9.17, 15) is 20.1 Å². The quantitative estimate of drug-likeness (QED) is 0.517. The number of aliphatic hydroxyl groups excluding tert-OH is 3. The van der Waals surface area contributed by atoms with Crippen molar-refractivity contribution in [2.45, 2.75) is 24.5 Å². The standard InChI is InChI=1S/C15H18N4O6/c1-24-8-5-3-2-4-7(8)14-17-13(12(16)23)18-19(14)15-11(22)10(21)9(6-20)25-15/h2-5,9-11,15,20-22H,6H2,1H3,(H2,16,23)/t9-,10-,11-,15-/m1/s1. The Kier molecular flexibility index (Phi) is 4.68. The number of nitrogens with zero attached hydrogens (tertiary/aromatic N) is 3. The number of aromatic nitrogens is 3. The Morgan fingerprint density at radius 1 is 1.36 bits per heavy atom. The van der Waals surface area contributed by atoms with Crippen LogP contribution in [0.4, 0.5) is 0 Å². The zero-order chi connectivity index (χ0) is 18.1. The van der Waals surface area contributed by atoms with E-state index in [1.165, 1.54) is 7.11 Å². The van der Waals surface area contributed by atoms with E-state index in [1.807, 2.05) is 0 Å². The van der Waals surface area contributed by atoms with E-state index in [4.69, 9.17) is 15.2 Å². The fourth-order valence-corrected chi connectivity index (χ4v) is 2.70. The molecule has 0 radical (unpaired) electrons. The third-order valence-corrected chi connectivity index (χ3v) is 3.96. The van der Waals surface area contributed by atoms with Gasteiger partial charge in [0.1, 0.15) is 24.1 Å². The van der Waals surface area contributed by atoms with Crippen LogP contribution in [0.25, 0.3) is 11.4 Å². The molecule has 0 aliphatic carbocycles. The van der Waals surface area contributed by atoms with E-state index in [0.717, 1.165) is 4.68 Å². The minimum atomic E-state index is -1.38. The van der Waals surface area contributed by atoms with E-state index in [-0.39, 0.29) is 11.6 Å². The SMILES string of the molecule is COc1ccccc1-c1nc(C(N)=O)nn1[C@@H]1O[C@H](CO)[C@@H](O)[C@H]1O. The molecule has 1 aliphatic rings. The summed E-state index contributed by atoms with van der Waals surface area (Å²) < 4.78 is 11.9. The lowest BCUT2D eigenvalue weighted by Crippen LogP contribution is -2.33. The summed E-state index contributed by atoms with van der Waals surface area (Å²) in [6.07, 6.45) is -4.85. The van der Waals surface area contributed by atoms with Gasteiger partial charge in [-0.25, -0.2) is 9.67 Å². The Labute approximate surface area is 142 Å². The molecule has 5 N–H and O–H groups in total. The summed E-state index contributed by atoms with van der Waals surface area (Å²) in [7, 11) is 1.47. The van der Waals surface area contributed by atoms with Gasteiger partial charge in [0.2, 0.25) is 5.82 Å². The normalized spacial score (nSPS) is 25.9. The van der Waals surface area contributed by atoms with Crippen LogP contribution in [0.15, 0.2) is 24.3 Å². The Morgan fingerprint density at radius 3 is 2.68 bits per heavy atom. The number of carbonyl (C=O) groups is 1. The second-order valence-corrected chi connectivity index (χ2v) is 5.50. The van der Waals surface area contributed by atoms with E-state index >= 15 is 0 Å². The van der Waals surface area contributed by atoms with Crippen LogP contribution in [0, 0.1) is 0 Å². The van der Waals surface area contributed by atoms with Gasteiger partial charge in [0, 0.05) is 0 Å². The molecule has 10 nitrogen and oxygen atoms in total. The molecule has 4 atom stereocenters. The minimum Gasteiger partial charge on any atom is -0.496 e. The lowest BCUT2D eigenvalue weighted by Gasteiger charge is -2.17. The first-order chi connectivity index (χ1) is 12.0. The van der Waals surface area contributed by atoms with Crippen LogP contribution in [0.2, 0.25) is 0 Å². The van der Waals surface area contributed by atoms with Crippen LogP contribution in [0.3, 0.4) is 0 Å². The molecule has 1 amide bonds. The summed E-state index contributed by atoms with van der Waals surface area (Å²) >= 11 is 0. The maximum atomic E-state index is 11.5. The van der Waals surface area contributed by atoms with Gasteiger partial charge >= 0.3 is 0 Å². The molecule has 0 bridgehead atoms. The molecular formula is C15H18N4O6. The number of carbonyl (C=O) groups excluding carboxylic acids is 1. The van der Waals surface area contributed by atoms with E-state index in [1.54, 1.807) is 24.3 Å². The number of rotatable bonds is 5. The summed E-state index contributed by atoms with van der Waals surface area (Å²) in [6, 6.07) is 6.86. The summed E-state index contributed by atoms with van der Waals surface area (Å²) in [5, 5.41) is 33.4. The highest BCUT2D eigenvalue weighted by Gasteiger charge is 2.45. The molecule has 134 valence electrons. The third kappa shape index (κ3) is 2.96. The molecule has 0 unspecified atom stereocenters. The highest BCUT2D eigenvalue weighted by atomic mass is 16.6. The number of aliphatic hydroxyl groups is 3. The van der Waals surface area contributed by atoms with Crippen molar-refractivity contribution in [3.05, 3.63) is 30.1 Å². The number of hydrogen-bond donors (Lipinski definition) is 4. The van der Waals surface area contributed by atoms with Gasteiger partial charge in [-0.05, 0) is 12.1 Å². The van der Waals surface area contributed by atoms with Crippen LogP contribution in [0.5, 0.6) is 5.75 Å². The monoisotopic (exact) mass is 350 g/mol. The first-order valence-corrected chi connectivity index (χ1v) is 7.50. The fourth-order valence-electron chi connectivity index (χ4n) is 2.70. The lowest BCUT2D eigenvalue weighted by atomic mass is 10.1. The second kappa shape index (κ2) is 6.76. The molecule has 1 aromatic carbocycles. The van der Waals surface area contributed by atoms with Gasteiger partial charge in [-0.15, -0.1) is 5.10 Å². The number of para-hydroxylation sites is 1. The van der Waals surface area contributed by atoms with E-state index < -0.39 is 37.1 Å².